The molecular weight excluding hydrogens is 347 g/mol. The summed E-state index contributed by atoms with van der Waals surface area (Å²) in [5.74, 6) is 0. The molecule has 0 N–H and O–H groups in total. The van der Waals surface area contributed by atoms with Crippen molar-refractivity contribution in [3.8, 4) is 0 Å². The topological polar surface area (TPSA) is 6.48 Å². The van der Waals surface area contributed by atoms with Gasteiger partial charge in [-0.05, 0) is 42.8 Å². The molecule has 1 aliphatic heterocycles. The maximum Gasteiger partial charge on any atom is 0.110 e. The van der Waals surface area contributed by atoms with Crippen LogP contribution in [0.1, 0.15) is 11.1 Å². The fraction of sp³-hybridized carbons (Fsp3) is 0.278. The van der Waals surface area contributed by atoms with E-state index in [2.05, 4.69) is 41.0 Å². The summed E-state index contributed by atoms with van der Waals surface area (Å²) in [4.78, 5) is 5.42. The van der Waals surface area contributed by atoms with Gasteiger partial charge in [0.25, 0.3) is 0 Å². The Hall–Kier alpha value is -1.29. The quantitative estimate of drug-likeness (QED) is 0.706. The molecule has 0 radical (unpaired) electrons. The smallest absolute Gasteiger partial charge is 0.110 e. The molecule has 3 rings (SSSR count). The zero-order valence-electron chi connectivity index (χ0n) is 12.9. The summed E-state index contributed by atoms with van der Waals surface area (Å²) in [6.45, 7) is 5.82. The Morgan fingerprint density at radius 1 is 1.00 bits per heavy atom. The number of hydrogen-bond acceptors (Lipinski definition) is 2. The molecule has 1 fully saturated rings. The van der Waals surface area contributed by atoms with Gasteiger partial charge in [-0.15, -0.1) is 0 Å². The maximum absolute atomic E-state index is 6.28. The van der Waals surface area contributed by atoms with Gasteiger partial charge in [-0.3, -0.25) is 0 Å². The van der Waals surface area contributed by atoms with E-state index >= 15 is 0 Å². The zero-order chi connectivity index (χ0) is 16.4. The van der Waals surface area contributed by atoms with Gasteiger partial charge in [0.1, 0.15) is 4.99 Å². The van der Waals surface area contributed by atoms with E-state index in [4.69, 9.17) is 35.4 Å². The number of piperazine rings is 1. The average Bonchev–Trinajstić information content (AvgIpc) is 2.54. The average molecular weight is 365 g/mol. The lowest BCUT2D eigenvalue weighted by Crippen LogP contribution is -2.48. The van der Waals surface area contributed by atoms with Gasteiger partial charge in [0.05, 0.1) is 5.02 Å². The first kappa shape index (κ1) is 16.6. The molecule has 0 spiro atoms. The normalized spacial score (nSPS) is 14.9. The molecule has 0 amide bonds. The number of hydrogen-bond donors (Lipinski definition) is 0. The molecule has 1 saturated heterocycles. The Bertz CT molecular complexity index is 725. The van der Waals surface area contributed by atoms with E-state index < -0.39 is 0 Å². The monoisotopic (exact) mass is 364 g/mol. The molecule has 1 aliphatic rings. The van der Waals surface area contributed by atoms with Crippen LogP contribution in [-0.2, 0) is 0 Å². The third kappa shape index (κ3) is 3.79. The summed E-state index contributed by atoms with van der Waals surface area (Å²) < 4.78 is 0. The van der Waals surface area contributed by atoms with Crippen molar-refractivity contribution < 1.29 is 0 Å². The molecule has 1 heterocycles. The van der Waals surface area contributed by atoms with Crippen molar-refractivity contribution in [3.05, 3.63) is 63.6 Å². The minimum atomic E-state index is 0.614. The van der Waals surface area contributed by atoms with Crippen molar-refractivity contribution in [1.29, 1.82) is 0 Å². The molecular formula is C18H18Cl2N2S. The molecule has 23 heavy (non-hydrogen) atoms. The Kier molecular flexibility index (Phi) is 5.10. The third-order valence-corrected chi connectivity index (χ3v) is 5.12. The van der Waals surface area contributed by atoms with Gasteiger partial charge in [-0.1, -0.05) is 47.6 Å². The van der Waals surface area contributed by atoms with Crippen LogP contribution in [0.15, 0.2) is 42.5 Å². The SMILES string of the molecule is Cc1cccc(N2CCN(C(=S)c3ccc(Cl)cc3Cl)CC2)c1. The highest BCUT2D eigenvalue weighted by Crippen LogP contribution is 2.24. The van der Waals surface area contributed by atoms with Crippen LogP contribution < -0.4 is 4.90 Å². The molecule has 0 unspecified atom stereocenters. The highest BCUT2D eigenvalue weighted by atomic mass is 35.5. The van der Waals surface area contributed by atoms with Crippen LogP contribution >= 0.6 is 35.4 Å². The highest BCUT2D eigenvalue weighted by Gasteiger charge is 2.21. The van der Waals surface area contributed by atoms with E-state index in [1.807, 2.05) is 12.1 Å². The summed E-state index contributed by atoms with van der Waals surface area (Å²) in [5.41, 5.74) is 3.45. The number of thiocarbonyl (C=S) groups is 1. The predicted molar refractivity (Wildman–Crippen MR) is 103 cm³/mol. The van der Waals surface area contributed by atoms with E-state index in [9.17, 15) is 0 Å². The number of benzene rings is 2. The van der Waals surface area contributed by atoms with Gasteiger partial charge in [0.2, 0.25) is 0 Å². The number of aryl methyl sites for hydroxylation is 1. The largest absolute Gasteiger partial charge is 0.368 e. The second kappa shape index (κ2) is 7.08. The first-order chi connectivity index (χ1) is 11.0. The van der Waals surface area contributed by atoms with E-state index in [0.717, 1.165) is 36.7 Å². The summed E-state index contributed by atoms with van der Waals surface area (Å²) in [6, 6.07) is 14.1. The fourth-order valence-electron chi connectivity index (χ4n) is 2.83. The predicted octanol–water partition coefficient (Wildman–Crippen LogP) is 4.80. The van der Waals surface area contributed by atoms with E-state index in [1.165, 1.54) is 11.3 Å². The lowest BCUT2D eigenvalue weighted by molar-refractivity contribution is 0.392. The summed E-state index contributed by atoms with van der Waals surface area (Å²) in [7, 11) is 0. The Labute approximate surface area is 152 Å². The van der Waals surface area contributed by atoms with Crippen LogP contribution in [0.2, 0.25) is 10.0 Å². The van der Waals surface area contributed by atoms with Crippen molar-refractivity contribution in [1.82, 2.24) is 4.90 Å². The molecule has 5 heteroatoms. The molecule has 0 saturated carbocycles. The molecule has 120 valence electrons. The highest BCUT2D eigenvalue weighted by molar-refractivity contribution is 7.80. The lowest BCUT2D eigenvalue weighted by atomic mass is 10.1. The molecule has 0 aromatic heterocycles. The van der Waals surface area contributed by atoms with E-state index in [-0.39, 0.29) is 0 Å². The Balaban J connectivity index is 1.68. The number of nitrogens with zero attached hydrogens (tertiary/aromatic N) is 2. The van der Waals surface area contributed by atoms with Crippen molar-refractivity contribution in [3.63, 3.8) is 0 Å². The molecule has 0 atom stereocenters. The molecule has 2 aromatic rings. The Morgan fingerprint density at radius 3 is 2.39 bits per heavy atom. The van der Waals surface area contributed by atoms with Gasteiger partial charge in [-0.2, -0.15) is 0 Å². The minimum absolute atomic E-state index is 0.614. The maximum atomic E-state index is 6.28. The van der Waals surface area contributed by atoms with Crippen LogP contribution in [0.4, 0.5) is 5.69 Å². The van der Waals surface area contributed by atoms with Crippen LogP contribution in [-0.4, -0.2) is 36.1 Å². The molecule has 0 aliphatic carbocycles. The van der Waals surface area contributed by atoms with Crippen molar-refractivity contribution in [2.75, 3.05) is 31.1 Å². The fourth-order valence-corrected chi connectivity index (χ4v) is 3.74. The molecule has 0 bridgehead atoms. The second-order valence-corrected chi connectivity index (χ2v) is 6.97. The number of rotatable bonds is 2. The lowest BCUT2D eigenvalue weighted by Gasteiger charge is -2.37. The second-order valence-electron chi connectivity index (χ2n) is 5.74. The molecule has 2 nitrogen and oxygen atoms in total. The van der Waals surface area contributed by atoms with Crippen LogP contribution in [0.5, 0.6) is 0 Å². The third-order valence-electron chi connectivity index (χ3n) is 4.10. The van der Waals surface area contributed by atoms with E-state index in [1.54, 1.807) is 6.07 Å². The summed E-state index contributed by atoms with van der Waals surface area (Å²) in [6.07, 6.45) is 0. The van der Waals surface area contributed by atoms with Gasteiger partial charge in [0, 0.05) is 42.5 Å². The van der Waals surface area contributed by atoms with Crippen molar-refractivity contribution in [2.45, 2.75) is 6.92 Å². The van der Waals surface area contributed by atoms with Crippen LogP contribution in [0.25, 0.3) is 0 Å². The Morgan fingerprint density at radius 2 is 1.74 bits per heavy atom. The van der Waals surface area contributed by atoms with Gasteiger partial charge in [-0.25, -0.2) is 0 Å². The van der Waals surface area contributed by atoms with Gasteiger partial charge < -0.3 is 9.80 Å². The first-order valence-electron chi connectivity index (χ1n) is 7.60. The van der Waals surface area contributed by atoms with Gasteiger partial charge in [0.15, 0.2) is 0 Å². The van der Waals surface area contributed by atoms with Crippen molar-refractivity contribution in [2.24, 2.45) is 0 Å². The summed E-state index contributed by atoms with van der Waals surface area (Å²) in [5, 5.41) is 1.24. The van der Waals surface area contributed by atoms with Crippen molar-refractivity contribution >= 4 is 46.1 Å². The van der Waals surface area contributed by atoms with E-state index in [0.29, 0.717) is 10.0 Å². The number of halogens is 2. The van der Waals surface area contributed by atoms with Gasteiger partial charge >= 0.3 is 0 Å². The van der Waals surface area contributed by atoms with Crippen LogP contribution in [0.3, 0.4) is 0 Å². The first-order valence-corrected chi connectivity index (χ1v) is 8.77. The van der Waals surface area contributed by atoms with Crippen LogP contribution in [0, 0.1) is 6.92 Å². The summed E-state index contributed by atoms with van der Waals surface area (Å²) >= 11 is 17.9. The molecule has 2 aromatic carbocycles. The zero-order valence-corrected chi connectivity index (χ0v) is 15.3. The number of anilines is 1. The minimum Gasteiger partial charge on any atom is -0.368 e. The standard InChI is InChI=1S/C18H18Cl2N2S/c1-13-3-2-4-15(11-13)21-7-9-22(10-8-21)18(23)16-6-5-14(19)12-17(16)20/h2-6,11-12H,7-10H2,1H3.